The van der Waals surface area contributed by atoms with E-state index in [9.17, 15) is 0 Å². The zero-order chi connectivity index (χ0) is 13.1. The van der Waals surface area contributed by atoms with Crippen molar-refractivity contribution in [2.45, 2.75) is 104 Å². The van der Waals surface area contributed by atoms with Crippen LogP contribution in [0.1, 0.15) is 104 Å². The monoisotopic (exact) mass is 252 g/mol. The average molecular weight is 252 g/mol. The summed E-state index contributed by atoms with van der Waals surface area (Å²) in [5, 5.41) is 0. The van der Waals surface area contributed by atoms with Gasteiger partial charge in [-0.25, -0.2) is 0 Å². The molecule has 0 saturated heterocycles. The second kappa shape index (κ2) is 10.9. The predicted octanol–water partition coefficient (Wildman–Crippen LogP) is 6.73. The summed E-state index contributed by atoms with van der Waals surface area (Å²) >= 11 is 0. The fraction of sp³-hybridized carbons (Fsp3) is 1.00. The minimum absolute atomic E-state index is 1.08. The van der Waals surface area contributed by atoms with Crippen LogP contribution >= 0.6 is 0 Å². The van der Waals surface area contributed by atoms with Crippen LogP contribution in [0.4, 0.5) is 0 Å². The summed E-state index contributed by atoms with van der Waals surface area (Å²) in [5.74, 6) is 2.17. The van der Waals surface area contributed by atoms with Crippen molar-refractivity contribution in [2.24, 2.45) is 11.8 Å². The molecular weight excluding hydrogens is 216 g/mol. The van der Waals surface area contributed by atoms with E-state index in [2.05, 4.69) is 13.8 Å². The van der Waals surface area contributed by atoms with Crippen molar-refractivity contribution < 1.29 is 0 Å². The van der Waals surface area contributed by atoms with Crippen molar-refractivity contribution >= 4 is 0 Å². The minimum atomic E-state index is 1.08. The average Bonchev–Trinajstić information content (AvgIpc) is 2.43. The Balaban J connectivity index is 2.21. The lowest BCUT2D eigenvalue weighted by Crippen LogP contribution is -2.18. The van der Waals surface area contributed by atoms with E-state index in [1.165, 1.54) is 77.0 Å². The Hall–Kier alpha value is 0. The molecule has 1 unspecified atom stereocenters. The fourth-order valence-corrected chi connectivity index (χ4v) is 3.70. The molecule has 1 saturated carbocycles. The first kappa shape index (κ1) is 16.1. The number of rotatable bonds is 10. The molecule has 1 aliphatic rings. The van der Waals surface area contributed by atoms with E-state index in [1.54, 1.807) is 12.8 Å². The molecule has 0 aromatic carbocycles. The molecule has 108 valence electrons. The lowest BCUT2D eigenvalue weighted by atomic mass is 9.75. The summed E-state index contributed by atoms with van der Waals surface area (Å²) in [6.07, 6.45) is 20.8. The van der Waals surface area contributed by atoms with Crippen molar-refractivity contribution in [3.05, 3.63) is 0 Å². The van der Waals surface area contributed by atoms with E-state index in [4.69, 9.17) is 0 Å². The van der Waals surface area contributed by atoms with E-state index in [1.807, 2.05) is 0 Å². The zero-order valence-corrected chi connectivity index (χ0v) is 13.1. The molecule has 18 heavy (non-hydrogen) atoms. The van der Waals surface area contributed by atoms with Gasteiger partial charge in [-0.2, -0.15) is 0 Å². The summed E-state index contributed by atoms with van der Waals surface area (Å²) in [5.41, 5.74) is 0. The lowest BCUT2D eigenvalue weighted by molar-refractivity contribution is 0.216. The molecular formula is C18H36. The van der Waals surface area contributed by atoms with Gasteiger partial charge >= 0.3 is 0 Å². The van der Waals surface area contributed by atoms with E-state index < -0.39 is 0 Å². The molecule has 0 aromatic heterocycles. The molecule has 1 fully saturated rings. The molecule has 0 spiro atoms. The zero-order valence-electron chi connectivity index (χ0n) is 13.1. The van der Waals surface area contributed by atoms with Gasteiger partial charge in [0.25, 0.3) is 0 Å². The summed E-state index contributed by atoms with van der Waals surface area (Å²) in [6.45, 7) is 4.66. The summed E-state index contributed by atoms with van der Waals surface area (Å²) in [6, 6.07) is 0. The standard InChI is InChI=1S/C18H36/c1-3-5-7-8-10-14-17(13-6-4-2)18-15-11-9-12-16-18/h17-18H,3-16H2,1-2H3. The molecule has 0 aliphatic heterocycles. The van der Waals surface area contributed by atoms with Crippen LogP contribution in [0.15, 0.2) is 0 Å². The van der Waals surface area contributed by atoms with Gasteiger partial charge in [0.2, 0.25) is 0 Å². The van der Waals surface area contributed by atoms with Crippen molar-refractivity contribution in [3.8, 4) is 0 Å². The Morgan fingerprint density at radius 1 is 0.722 bits per heavy atom. The molecule has 1 atom stereocenters. The highest BCUT2D eigenvalue weighted by Crippen LogP contribution is 2.35. The second-order valence-corrected chi connectivity index (χ2v) is 6.50. The Bertz CT molecular complexity index is 167. The van der Waals surface area contributed by atoms with Crippen LogP contribution in [0.3, 0.4) is 0 Å². The Morgan fingerprint density at radius 2 is 1.33 bits per heavy atom. The Morgan fingerprint density at radius 3 is 2.00 bits per heavy atom. The van der Waals surface area contributed by atoms with Gasteiger partial charge in [-0.05, 0) is 11.8 Å². The maximum absolute atomic E-state index is 2.35. The topological polar surface area (TPSA) is 0 Å². The summed E-state index contributed by atoms with van der Waals surface area (Å²) in [4.78, 5) is 0. The second-order valence-electron chi connectivity index (χ2n) is 6.50. The van der Waals surface area contributed by atoms with Crippen LogP contribution in [-0.2, 0) is 0 Å². The fourth-order valence-electron chi connectivity index (χ4n) is 3.70. The third kappa shape index (κ3) is 6.81. The Kier molecular flexibility index (Phi) is 9.70. The first-order chi connectivity index (χ1) is 8.88. The molecule has 0 nitrogen and oxygen atoms in total. The Labute approximate surface area is 116 Å². The van der Waals surface area contributed by atoms with Crippen LogP contribution in [0.2, 0.25) is 0 Å². The number of hydrogen-bond donors (Lipinski definition) is 0. The van der Waals surface area contributed by atoms with E-state index in [0.717, 1.165) is 11.8 Å². The van der Waals surface area contributed by atoms with Gasteiger partial charge in [0.05, 0.1) is 0 Å². The quantitative estimate of drug-likeness (QED) is 0.378. The molecule has 0 bridgehead atoms. The molecule has 1 rings (SSSR count). The third-order valence-electron chi connectivity index (χ3n) is 4.92. The molecule has 0 heteroatoms. The predicted molar refractivity (Wildman–Crippen MR) is 83.0 cm³/mol. The number of hydrogen-bond acceptors (Lipinski definition) is 0. The normalized spacial score (nSPS) is 19.0. The van der Waals surface area contributed by atoms with Crippen LogP contribution in [0, 0.1) is 11.8 Å². The van der Waals surface area contributed by atoms with Crippen molar-refractivity contribution in [3.63, 3.8) is 0 Å². The van der Waals surface area contributed by atoms with Crippen LogP contribution in [0.5, 0.6) is 0 Å². The van der Waals surface area contributed by atoms with Crippen molar-refractivity contribution in [1.29, 1.82) is 0 Å². The third-order valence-corrected chi connectivity index (χ3v) is 4.92. The summed E-state index contributed by atoms with van der Waals surface area (Å²) in [7, 11) is 0. The van der Waals surface area contributed by atoms with Crippen molar-refractivity contribution in [2.75, 3.05) is 0 Å². The molecule has 0 amide bonds. The van der Waals surface area contributed by atoms with Gasteiger partial charge in [-0.3, -0.25) is 0 Å². The van der Waals surface area contributed by atoms with Crippen LogP contribution in [-0.4, -0.2) is 0 Å². The van der Waals surface area contributed by atoms with E-state index in [-0.39, 0.29) is 0 Å². The number of unbranched alkanes of at least 4 members (excludes halogenated alkanes) is 5. The minimum Gasteiger partial charge on any atom is -0.0654 e. The van der Waals surface area contributed by atoms with Gasteiger partial charge in [0, 0.05) is 0 Å². The van der Waals surface area contributed by atoms with E-state index >= 15 is 0 Å². The van der Waals surface area contributed by atoms with Gasteiger partial charge in [-0.15, -0.1) is 0 Å². The SMILES string of the molecule is CCCCCCCC(CCCC)C1CCCCC1. The highest BCUT2D eigenvalue weighted by Gasteiger charge is 2.22. The smallest absolute Gasteiger partial charge is 0.0386 e. The van der Waals surface area contributed by atoms with Gasteiger partial charge in [0.1, 0.15) is 0 Å². The first-order valence-corrected chi connectivity index (χ1v) is 8.88. The van der Waals surface area contributed by atoms with Gasteiger partial charge in [-0.1, -0.05) is 104 Å². The lowest BCUT2D eigenvalue weighted by Gasteiger charge is -2.30. The molecule has 0 heterocycles. The molecule has 0 aromatic rings. The summed E-state index contributed by atoms with van der Waals surface area (Å²) < 4.78 is 0. The highest BCUT2D eigenvalue weighted by atomic mass is 14.3. The largest absolute Gasteiger partial charge is 0.0654 e. The molecule has 1 aliphatic carbocycles. The molecule has 0 radical (unpaired) electrons. The highest BCUT2D eigenvalue weighted by molar-refractivity contribution is 4.74. The van der Waals surface area contributed by atoms with Crippen molar-refractivity contribution in [1.82, 2.24) is 0 Å². The van der Waals surface area contributed by atoms with Crippen LogP contribution < -0.4 is 0 Å². The van der Waals surface area contributed by atoms with Crippen LogP contribution in [0.25, 0.3) is 0 Å². The maximum atomic E-state index is 2.35. The van der Waals surface area contributed by atoms with Gasteiger partial charge < -0.3 is 0 Å². The first-order valence-electron chi connectivity index (χ1n) is 8.88. The van der Waals surface area contributed by atoms with Gasteiger partial charge in [0.15, 0.2) is 0 Å². The van der Waals surface area contributed by atoms with E-state index in [0.29, 0.717) is 0 Å². The maximum Gasteiger partial charge on any atom is -0.0386 e. The molecule has 0 N–H and O–H groups in total.